The third kappa shape index (κ3) is 4.79. The maximum atomic E-state index is 13.2. The van der Waals surface area contributed by atoms with Gasteiger partial charge in [-0.1, -0.05) is 44.2 Å². The number of benzene rings is 2. The summed E-state index contributed by atoms with van der Waals surface area (Å²) in [5.74, 6) is -0.948. The summed E-state index contributed by atoms with van der Waals surface area (Å²) in [6.45, 7) is 5.80. The van der Waals surface area contributed by atoms with Crippen LogP contribution in [0.2, 0.25) is 0 Å². The summed E-state index contributed by atoms with van der Waals surface area (Å²) in [4.78, 5) is 39.8. The first-order chi connectivity index (χ1) is 14.3. The zero-order valence-electron chi connectivity index (χ0n) is 17.7. The maximum Gasteiger partial charge on any atom is 0.247 e. The molecule has 0 aromatic heterocycles. The largest absolute Gasteiger partial charge is 0.343 e. The Labute approximate surface area is 177 Å². The van der Waals surface area contributed by atoms with Gasteiger partial charge < -0.3 is 21.3 Å². The second-order valence-corrected chi connectivity index (χ2v) is 8.26. The van der Waals surface area contributed by atoms with Gasteiger partial charge in [0.1, 0.15) is 12.1 Å². The van der Waals surface area contributed by atoms with Crippen LogP contribution in [-0.2, 0) is 14.4 Å². The molecule has 1 fully saturated rings. The Bertz CT molecular complexity index is 941. The number of nitrogens with zero attached hydrogens (tertiary/aromatic N) is 1. The predicted molar refractivity (Wildman–Crippen MR) is 118 cm³/mol. The van der Waals surface area contributed by atoms with Gasteiger partial charge in [0.25, 0.3) is 0 Å². The minimum absolute atomic E-state index is 0.120. The predicted octanol–water partition coefficient (Wildman–Crippen LogP) is 2.26. The molecule has 30 heavy (non-hydrogen) atoms. The van der Waals surface area contributed by atoms with E-state index in [1.54, 1.807) is 11.8 Å². The molecule has 2 aromatic carbocycles. The number of carbonyl (C=O) groups is 3. The number of nitrogens with two attached hydrogens (primary N) is 1. The van der Waals surface area contributed by atoms with Gasteiger partial charge in [-0.25, -0.2) is 0 Å². The lowest BCUT2D eigenvalue weighted by Crippen LogP contribution is -2.56. The fourth-order valence-corrected chi connectivity index (χ4v) is 3.77. The van der Waals surface area contributed by atoms with Crippen LogP contribution < -0.4 is 16.4 Å². The van der Waals surface area contributed by atoms with Gasteiger partial charge in [0.15, 0.2) is 0 Å². The molecule has 1 aliphatic heterocycles. The Hall–Kier alpha value is -2.93. The minimum atomic E-state index is -0.711. The van der Waals surface area contributed by atoms with E-state index in [4.69, 9.17) is 5.73 Å². The molecule has 1 saturated heterocycles. The first-order valence-electron chi connectivity index (χ1n) is 10.4. The molecule has 0 bridgehead atoms. The lowest BCUT2D eigenvalue weighted by molar-refractivity contribution is -0.141. The Balaban J connectivity index is 1.73. The molecule has 0 aliphatic carbocycles. The highest BCUT2D eigenvalue weighted by molar-refractivity contribution is 6.00. The molecule has 0 unspecified atom stereocenters. The van der Waals surface area contributed by atoms with Crippen molar-refractivity contribution in [2.45, 2.75) is 51.7 Å². The summed E-state index contributed by atoms with van der Waals surface area (Å²) in [5, 5.41) is 7.81. The normalized spacial score (nSPS) is 18.3. The number of hydrogen-bond donors (Lipinski definition) is 3. The topological polar surface area (TPSA) is 105 Å². The van der Waals surface area contributed by atoms with Crippen LogP contribution in [0.3, 0.4) is 0 Å². The second kappa shape index (κ2) is 9.26. The molecule has 2 aromatic rings. The number of carbonyl (C=O) groups excluding carboxylic acids is 3. The van der Waals surface area contributed by atoms with Gasteiger partial charge in [-0.05, 0) is 48.6 Å². The summed E-state index contributed by atoms with van der Waals surface area (Å²) in [6, 6.07) is 11.7. The molecule has 160 valence electrons. The molecule has 0 spiro atoms. The van der Waals surface area contributed by atoms with Crippen LogP contribution in [-0.4, -0.2) is 47.3 Å². The van der Waals surface area contributed by atoms with Crippen LogP contribution in [0.5, 0.6) is 0 Å². The van der Waals surface area contributed by atoms with E-state index in [2.05, 4.69) is 10.6 Å². The van der Waals surface area contributed by atoms with Gasteiger partial charge in [-0.15, -0.1) is 0 Å². The zero-order chi connectivity index (χ0) is 21.8. The fraction of sp³-hybridized carbons (Fsp3) is 0.435. The van der Waals surface area contributed by atoms with Crippen molar-refractivity contribution < 1.29 is 14.4 Å². The SMILES string of the molecule is CC(C)[C@H](NC(=O)[C@H](C)N)C(=O)N1CCC[C@H]1C(=O)Nc1ccc2ccccc2c1. The Morgan fingerprint density at radius 1 is 1.07 bits per heavy atom. The monoisotopic (exact) mass is 410 g/mol. The molecule has 1 aliphatic rings. The summed E-state index contributed by atoms with van der Waals surface area (Å²) >= 11 is 0. The number of amides is 3. The summed E-state index contributed by atoms with van der Waals surface area (Å²) < 4.78 is 0. The highest BCUT2D eigenvalue weighted by Gasteiger charge is 2.38. The summed E-state index contributed by atoms with van der Waals surface area (Å²) in [7, 11) is 0. The molecule has 4 N–H and O–H groups in total. The average molecular weight is 411 g/mol. The number of likely N-dealkylation sites (tertiary alicyclic amines) is 1. The van der Waals surface area contributed by atoms with E-state index >= 15 is 0 Å². The summed E-state index contributed by atoms with van der Waals surface area (Å²) in [5.41, 5.74) is 6.34. The van der Waals surface area contributed by atoms with Gasteiger partial charge in [0.2, 0.25) is 17.7 Å². The number of nitrogens with one attached hydrogen (secondary N) is 2. The molecule has 1 heterocycles. The molecule has 7 heteroatoms. The van der Waals surface area contributed by atoms with E-state index in [1.165, 1.54) is 0 Å². The van der Waals surface area contributed by atoms with Crippen molar-refractivity contribution >= 4 is 34.2 Å². The highest BCUT2D eigenvalue weighted by atomic mass is 16.2. The van der Waals surface area contributed by atoms with Gasteiger partial charge >= 0.3 is 0 Å². The quantitative estimate of drug-likeness (QED) is 0.679. The molecule has 3 amide bonds. The number of hydrogen-bond acceptors (Lipinski definition) is 4. The minimum Gasteiger partial charge on any atom is -0.343 e. The third-order valence-electron chi connectivity index (χ3n) is 5.50. The average Bonchev–Trinajstić information content (AvgIpc) is 3.21. The molecular formula is C23H30N4O3. The van der Waals surface area contributed by atoms with Crippen LogP contribution >= 0.6 is 0 Å². The van der Waals surface area contributed by atoms with Gasteiger partial charge in [0, 0.05) is 12.2 Å². The molecule has 0 saturated carbocycles. The molecule has 3 atom stereocenters. The fourth-order valence-electron chi connectivity index (χ4n) is 3.77. The standard InChI is InChI=1S/C23H30N4O3/c1-14(2)20(26-21(28)15(3)24)23(30)27-12-6-9-19(27)22(29)25-18-11-10-16-7-4-5-8-17(16)13-18/h4-5,7-8,10-11,13-15,19-20H,6,9,12,24H2,1-3H3,(H,25,29)(H,26,28)/t15-,19-,20-/m0/s1. The van der Waals surface area contributed by atoms with Crippen LogP contribution in [0.4, 0.5) is 5.69 Å². The Morgan fingerprint density at radius 3 is 2.43 bits per heavy atom. The van der Waals surface area contributed by atoms with E-state index in [9.17, 15) is 14.4 Å². The Morgan fingerprint density at radius 2 is 1.77 bits per heavy atom. The van der Waals surface area contributed by atoms with E-state index < -0.39 is 18.1 Å². The number of rotatable bonds is 6. The highest BCUT2D eigenvalue weighted by Crippen LogP contribution is 2.23. The van der Waals surface area contributed by atoms with E-state index in [0.717, 1.165) is 17.2 Å². The van der Waals surface area contributed by atoms with E-state index in [0.29, 0.717) is 18.7 Å². The molecular weight excluding hydrogens is 380 g/mol. The zero-order valence-corrected chi connectivity index (χ0v) is 17.7. The van der Waals surface area contributed by atoms with Crippen LogP contribution in [0.25, 0.3) is 10.8 Å². The summed E-state index contributed by atoms with van der Waals surface area (Å²) in [6.07, 6.45) is 1.34. The third-order valence-corrected chi connectivity index (χ3v) is 5.50. The van der Waals surface area contributed by atoms with Crippen molar-refractivity contribution in [3.05, 3.63) is 42.5 Å². The lowest BCUT2D eigenvalue weighted by atomic mass is 10.0. The van der Waals surface area contributed by atoms with Gasteiger partial charge in [0.05, 0.1) is 6.04 Å². The van der Waals surface area contributed by atoms with Crippen molar-refractivity contribution in [3.63, 3.8) is 0 Å². The van der Waals surface area contributed by atoms with Gasteiger partial charge in [-0.3, -0.25) is 14.4 Å². The van der Waals surface area contributed by atoms with E-state index in [1.807, 2.05) is 56.3 Å². The molecule has 7 nitrogen and oxygen atoms in total. The van der Waals surface area contributed by atoms with Gasteiger partial charge in [-0.2, -0.15) is 0 Å². The number of anilines is 1. The smallest absolute Gasteiger partial charge is 0.247 e. The van der Waals surface area contributed by atoms with Crippen LogP contribution in [0.1, 0.15) is 33.6 Å². The molecule has 0 radical (unpaired) electrons. The number of fused-ring (bicyclic) bond motifs is 1. The maximum absolute atomic E-state index is 13.2. The first kappa shape index (κ1) is 21.8. The van der Waals surface area contributed by atoms with Crippen molar-refractivity contribution in [3.8, 4) is 0 Å². The van der Waals surface area contributed by atoms with Crippen molar-refractivity contribution in [2.24, 2.45) is 11.7 Å². The van der Waals surface area contributed by atoms with Crippen LogP contribution in [0.15, 0.2) is 42.5 Å². The van der Waals surface area contributed by atoms with Crippen molar-refractivity contribution in [1.82, 2.24) is 10.2 Å². The van der Waals surface area contributed by atoms with E-state index in [-0.39, 0.29) is 23.6 Å². The second-order valence-electron chi connectivity index (χ2n) is 8.26. The van der Waals surface area contributed by atoms with Crippen molar-refractivity contribution in [1.29, 1.82) is 0 Å². The first-order valence-corrected chi connectivity index (χ1v) is 10.4. The lowest BCUT2D eigenvalue weighted by Gasteiger charge is -2.30. The molecule has 3 rings (SSSR count). The Kier molecular flexibility index (Phi) is 6.72. The van der Waals surface area contributed by atoms with Crippen molar-refractivity contribution in [2.75, 3.05) is 11.9 Å². The van der Waals surface area contributed by atoms with Crippen LogP contribution in [0, 0.1) is 5.92 Å².